The van der Waals surface area contributed by atoms with E-state index in [-0.39, 0.29) is 29.2 Å². The van der Waals surface area contributed by atoms with Crippen LogP contribution in [0.25, 0.3) is 17.5 Å². The van der Waals surface area contributed by atoms with E-state index in [0.29, 0.717) is 18.8 Å². The second kappa shape index (κ2) is 9.12. The molecule has 9 heteroatoms. The molecule has 0 saturated heterocycles. The van der Waals surface area contributed by atoms with Crippen LogP contribution in [-0.4, -0.2) is 44.9 Å². The summed E-state index contributed by atoms with van der Waals surface area (Å²) in [5.74, 6) is 0.0629. The summed E-state index contributed by atoms with van der Waals surface area (Å²) in [6, 6.07) is -0.120. The number of fused-ring (bicyclic) bond motifs is 1. The largest absolute Gasteiger partial charge is 0.363 e. The van der Waals surface area contributed by atoms with Crippen LogP contribution in [0.3, 0.4) is 0 Å². The van der Waals surface area contributed by atoms with E-state index in [2.05, 4.69) is 30.6 Å². The minimum atomic E-state index is -0.517. The van der Waals surface area contributed by atoms with Crippen LogP contribution >= 0.6 is 11.6 Å². The number of alkyl halides is 1. The molecule has 3 atom stereocenters. The molecule has 1 aliphatic carbocycles. The third kappa shape index (κ3) is 4.48. The monoisotopic (exact) mass is 432 g/mol. The normalized spacial score (nSPS) is 23.1. The van der Waals surface area contributed by atoms with E-state index in [0.717, 1.165) is 48.4 Å². The molecule has 160 valence electrons. The molecule has 3 unspecified atom stereocenters. The van der Waals surface area contributed by atoms with Crippen LogP contribution in [0, 0.1) is 5.82 Å². The fourth-order valence-electron chi connectivity index (χ4n) is 4.08. The first-order valence-electron chi connectivity index (χ1n) is 10.5. The second-order valence-electron chi connectivity index (χ2n) is 7.84. The number of carbonyl (C=O) groups is 1. The van der Waals surface area contributed by atoms with Crippen LogP contribution in [-0.2, 0) is 4.79 Å². The highest BCUT2D eigenvalue weighted by molar-refractivity contribution is 6.24. The Morgan fingerprint density at radius 3 is 2.93 bits per heavy atom. The fourth-order valence-corrected chi connectivity index (χ4v) is 4.27. The predicted octanol–water partition coefficient (Wildman–Crippen LogP) is 2.27. The van der Waals surface area contributed by atoms with E-state index >= 15 is 0 Å². The molecule has 0 radical (unpaired) electrons. The van der Waals surface area contributed by atoms with Gasteiger partial charge in [-0.05, 0) is 19.3 Å². The Balaban J connectivity index is 1.59. The first kappa shape index (κ1) is 20.8. The molecule has 1 saturated carbocycles. The van der Waals surface area contributed by atoms with Crippen LogP contribution in [0.15, 0.2) is 17.4 Å². The highest BCUT2D eigenvalue weighted by Crippen LogP contribution is 2.24. The van der Waals surface area contributed by atoms with Crippen LogP contribution in [0.2, 0.25) is 0 Å². The van der Waals surface area contributed by atoms with Crippen LogP contribution in [0.1, 0.15) is 45.4 Å². The number of nitrogens with zero attached hydrogens (tertiary/aromatic N) is 3. The van der Waals surface area contributed by atoms with Crippen molar-refractivity contribution in [2.75, 3.05) is 11.9 Å². The molecule has 2 aromatic heterocycles. The summed E-state index contributed by atoms with van der Waals surface area (Å²) in [5.41, 5.74) is 1.47. The van der Waals surface area contributed by atoms with Gasteiger partial charge in [0.05, 0.1) is 18.1 Å². The molecule has 3 N–H and O–H groups in total. The number of rotatable bonds is 6. The number of aromatic amines is 1. The van der Waals surface area contributed by atoms with Gasteiger partial charge in [0.1, 0.15) is 5.49 Å². The van der Waals surface area contributed by atoms with Crippen LogP contribution < -0.4 is 21.3 Å². The molecule has 2 aromatic rings. The number of hydrogen-bond acceptors (Lipinski definition) is 5. The number of hydrogen-bond donors (Lipinski definition) is 3. The molecule has 0 bridgehead atoms. The van der Waals surface area contributed by atoms with Crippen molar-refractivity contribution in [3.05, 3.63) is 28.9 Å². The zero-order valence-electron chi connectivity index (χ0n) is 16.9. The zero-order chi connectivity index (χ0) is 21.1. The third-order valence-electron chi connectivity index (χ3n) is 5.57. The Morgan fingerprint density at radius 1 is 1.33 bits per heavy atom. The van der Waals surface area contributed by atoms with E-state index in [4.69, 9.17) is 11.6 Å². The van der Waals surface area contributed by atoms with Gasteiger partial charge >= 0.3 is 0 Å². The number of halogens is 2. The van der Waals surface area contributed by atoms with Gasteiger partial charge in [-0.15, -0.1) is 11.6 Å². The molecule has 0 spiro atoms. The average Bonchev–Trinajstić information content (AvgIpc) is 3.14. The number of nitrogens with one attached hydrogen (secondary N) is 3. The van der Waals surface area contributed by atoms with Gasteiger partial charge in [-0.2, -0.15) is 0 Å². The Hall–Kier alpha value is -2.48. The Bertz CT molecular complexity index is 1040. The Labute approximate surface area is 179 Å². The maximum absolute atomic E-state index is 14.5. The van der Waals surface area contributed by atoms with E-state index in [9.17, 15) is 9.18 Å². The number of amides is 1. The molecule has 1 aliphatic heterocycles. The van der Waals surface area contributed by atoms with E-state index in [1.54, 1.807) is 6.20 Å². The highest BCUT2D eigenvalue weighted by atomic mass is 35.5. The van der Waals surface area contributed by atoms with Gasteiger partial charge in [-0.3, -0.25) is 9.79 Å². The lowest BCUT2D eigenvalue weighted by atomic mass is 9.90. The van der Waals surface area contributed by atoms with Crippen molar-refractivity contribution in [2.24, 2.45) is 4.99 Å². The molecule has 0 aromatic carbocycles. The molecule has 1 fully saturated rings. The SMILES string of the molecule is CCCC(=O)NC1CCCCC1Nc1nc(-c2c[nH]c3c2=CC(Cl)CN=3)ncc1F. The first-order valence-corrected chi connectivity index (χ1v) is 11.0. The molecular formula is C21H26ClFN6O. The standard InChI is InChI=1S/C21H26ClFN6O/c1-2-5-18(30)27-16-6-3-4-7-17(16)28-21-15(23)11-26-20(29-21)14-10-25-19-13(14)8-12(22)9-24-19/h8,10-12,16-17H,2-7,9H2,1H3,(H,24,25)(H,27,30)(H,26,28,29). The minimum Gasteiger partial charge on any atom is -0.363 e. The summed E-state index contributed by atoms with van der Waals surface area (Å²) in [6.07, 6.45) is 9.93. The Morgan fingerprint density at radius 2 is 2.13 bits per heavy atom. The lowest BCUT2D eigenvalue weighted by molar-refractivity contribution is -0.122. The fraction of sp³-hybridized carbons (Fsp3) is 0.524. The molecule has 2 aliphatic rings. The molecule has 3 heterocycles. The smallest absolute Gasteiger partial charge is 0.220 e. The molecule has 1 amide bonds. The molecule has 4 rings (SSSR count). The van der Waals surface area contributed by atoms with Gasteiger partial charge in [0.2, 0.25) is 5.91 Å². The molecular weight excluding hydrogens is 407 g/mol. The zero-order valence-corrected chi connectivity index (χ0v) is 17.7. The quantitative estimate of drug-likeness (QED) is 0.610. The number of aromatic nitrogens is 3. The molecule has 7 nitrogen and oxygen atoms in total. The number of H-pyrrole nitrogens is 1. The van der Waals surface area contributed by atoms with Gasteiger partial charge < -0.3 is 15.6 Å². The summed E-state index contributed by atoms with van der Waals surface area (Å²) in [7, 11) is 0. The van der Waals surface area contributed by atoms with Gasteiger partial charge in [-0.25, -0.2) is 14.4 Å². The summed E-state index contributed by atoms with van der Waals surface area (Å²) in [6.45, 7) is 2.49. The first-order chi connectivity index (χ1) is 14.5. The number of carbonyl (C=O) groups excluding carboxylic acids is 1. The van der Waals surface area contributed by atoms with Gasteiger partial charge in [0.25, 0.3) is 0 Å². The van der Waals surface area contributed by atoms with Crippen LogP contribution in [0.5, 0.6) is 0 Å². The van der Waals surface area contributed by atoms with Gasteiger partial charge in [0, 0.05) is 35.5 Å². The summed E-state index contributed by atoms with van der Waals surface area (Å²) in [5, 5.41) is 6.96. The highest BCUT2D eigenvalue weighted by Gasteiger charge is 2.27. The topological polar surface area (TPSA) is 95.1 Å². The summed E-state index contributed by atoms with van der Waals surface area (Å²) < 4.78 is 14.5. The van der Waals surface area contributed by atoms with Crippen molar-refractivity contribution in [3.8, 4) is 11.4 Å². The predicted molar refractivity (Wildman–Crippen MR) is 114 cm³/mol. The van der Waals surface area contributed by atoms with Crippen molar-refractivity contribution in [1.82, 2.24) is 20.3 Å². The van der Waals surface area contributed by atoms with Crippen molar-refractivity contribution >= 4 is 29.4 Å². The average molecular weight is 433 g/mol. The lowest BCUT2D eigenvalue weighted by Crippen LogP contribution is -2.48. The minimum absolute atomic E-state index is 0.0360. The molecule has 30 heavy (non-hydrogen) atoms. The van der Waals surface area contributed by atoms with Crippen molar-refractivity contribution in [3.63, 3.8) is 0 Å². The van der Waals surface area contributed by atoms with E-state index in [1.165, 1.54) is 6.20 Å². The Kier molecular flexibility index (Phi) is 6.32. The lowest BCUT2D eigenvalue weighted by Gasteiger charge is -2.33. The summed E-state index contributed by atoms with van der Waals surface area (Å²) in [4.78, 5) is 28.2. The van der Waals surface area contributed by atoms with Crippen molar-refractivity contribution in [2.45, 2.75) is 62.9 Å². The van der Waals surface area contributed by atoms with Crippen molar-refractivity contribution < 1.29 is 9.18 Å². The number of anilines is 1. The van der Waals surface area contributed by atoms with Gasteiger partial charge in [-0.1, -0.05) is 25.8 Å². The van der Waals surface area contributed by atoms with E-state index < -0.39 is 5.82 Å². The van der Waals surface area contributed by atoms with E-state index in [1.807, 2.05) is 13.0 Å². The maximum Gasteiger partial charge on any atom is 0.220 e. The van der Waals surface area contributed by atoms with Crippen LogP contribution in [0.4, 0.5) is 10.2 Å². The maximum atomic E-state index is 14.5. The van der Waals surface area contributed by atoms with Gasteiger partial charge in [0.15, 0.2) is 17.5 Å². The summed E-state index contributed by atoms with van der Waals surface area (Å²) >= 11 is 6.22. The van der Waals surface area contributed by atoms with Crippen molar-refractivity contribution in [1.29, 1.82) is 0 Å². The second-order valence-corrected chi connectivity index (χ2v) is 8.40. The third-order valence-corrected chi connectivity index (χ3v) is 5.83.